The van der Waals surface area contributed by atoms with Crippen molar-refractivity contribution in [3.05, 3.63) is 98.6 Å². The highest BCUT2D eigenvalue weighted by molar-refractivity contribution is 7.92. The quantitative estimate of drug-likeness (QED) is 0.236. The van der Waals surface area contributed by atoms with Gasteiger partial charge in [0.25, 0.3) is 21.4 Å². The fourth-order valence-electron chi connectivity index (χ4n) is 2.95. The second-order valence-electron chi connectivity index (χ2n) is 6.81. The molecule has 3 rings (SSSR count). The number of anilines is 2. The first-order valence-corrected chi connectivity index (χ1v) is 11.3. The van der Waals surface area contributed by atoms with E-state index in [4.69, 9.17) is 4.74 Å². The molecule has 0 aliphatic carbocycles. The Kier molecular flexibility index (Phi) is 7.74. The summed E-state index contributed by atoms with van der Waals surface area (Å²) in [7, 11) is -2.77. The number of benzene rings is 3. The van der Waals surface area contributed by atoms with Crippen molar-refractivity contribution in [2.75, 3.05) is 17.3 Å². The summed E-state index contributed by atoms with van der Waals surface area (Å²) in [5.74, 6) is 0.284. The number of methoxy groups -OCH3 is 1. The summed E-state index contributed by atoms with van der Waals surface area (Å²) in [6.07, 6.45) is 4.11. The minimum absolute atomic E-state index is 0.0541. The molecule has 3 aromatic carbocycles. The minimum atomic E-state index is -4.16. The van der Waals surface area contributed by atoms with Crippen LogP contribution in [0, 0.1) is 20.2 Å². The number of hydrogen-bond acceptors (Lipinski definition) is 9. The zero-order chi connectivity index (χ0) is 25.4. The minimum Gasteiger partial charge on any atom is -0.495 e. The Hall–Kier alpha value is -4.78. The number of nitro groups is 2. The highest BCUT2D eigenvalue weighted by atomic mass is 32.2. The van der Waals surface area contributed by atoms with E-state index in [0.717, 1.165) is 6.07 Å². The van der Waals surface area contributed by atoms with Crippen molar-refractivity contribution in [3.8, 4) is 5.75 Å². The summed E-state index contributed by atoms with van der Waals surface area (Å²) < 4.78 is 33.0. The molecule has 180 valence electrons. The first-order valence-electron chi connectivity index (χ1n) is 9.86. The molecule has 13 heteroatoms. The van der Waals surface area contributed by atoms with Crippen LogP contribution >= 0.6 is 0 Å². The summed E-state index contributed by atoms with van der Waals surface area (Å²) in [5, 5.41) is 26.4. The van der Waals surface area contributed by atoms with Gasteiger partial charge in [0.2, 0.25) is 0 Å². The van der Waals surface area contributed by atoms with Crippen LogP contribution in [0.25, 0.3) is 6.08 Å². The summed E-state index contributed by atoms with van der Waals surface area (Å²) in [4.78, 5) is 21.0. The van der Waals surface area contributed by atoms with Gasteiger partial charge in [-0.15, -0.1) is 0 Å². The van der Waals surface area contributed by atoms with E-state index < -0.39 is 25.6 Å². The topological polar surface area (TPSA) is 166 Å². The van der Waals surface area contributed by atoms with Gasteiger partial charge in [0.05, 0.1) is 33.1 Å². The molecular weight excluding hydrogens is 478 g/mol. The molecule has 0 saturated heterocycles. The molecule has 3 aromatic rings. The van der Waals surface area contributed by atoms with Crippen LogP contribution in [0.1, 0.15) is 5.56 Å². The van der Waals surface area contributed by atoms with Gasteiger partial charge in [-0.2, -0.15) is 5.10 Å². The van der Waals surface area contributed by atoms with Crippen LogP contribution in [-0.4, -0.2) is 31.6 Å². The summed E-state index contributed by atoms with van der Waals surface area (Å²) in [6, 6.07) is 15.7. The van der Waals surface area contributed by atoms with Gasteiger partial charge in [0.1, 0.15) is 11.4 Å². The first kappa shape index (κ1) is 24.9. The Balaban J connectivity index is 1.79. The molecule has 0 atom stereocenters. The lowest BCUT2D eigenvalue weighted by molar-refractivity contribution is -0.385. The van der Waals surface area contributed by atoms with Crippen molar-refractivity contribution in [1.82, 2.24) is 0 Å². The molecule has 0 aliphatic heterocycles. The number of hydrogen-bond donors (Lipinski definition) is 2. The summed E-state index contributed by atoms with van der Waals surface area (Å²) in [6.45, 7) is 0. The van der Waals surface area contributed by atoms with E-state index in [0.29, 0.717) is 5.56 Å². The van der Waals surface area contributed by atoms with Gasteiger partial charge in [-0.3, -0.25) is 30.4 Å². The number of nitro benzene ring substituents is 2. The monoisotopic (exact) mass is 497 g/mol. The van der Waals surface area contributed by atoms with Crippen molar-refractivity contribution in [1.29, 1.82) is 0 Å². The average Bonchev–Trinajstić information content (AvgIpc) is 2.84. The van der Waals surface area contributed by atoms with Crippen molar-refractivity contribution in [3.63, 3.8) is 0 Å². The van der Waals surface area contributed by atoms with E-state index in [1.54, 1.807) is 36.4 Å². The molecule has 0 bridgehead atoms. The maximum absolute atomic E-state index is 12.8. The molecule has 0 heterocycles. The predicted octanol–water partition coefficient (Wildman–Crippen LogP) is 4.42. The number of sulfonamides is 1. The molecule has 0 radical (unpaired) electrons. The van der Waals surface area contributed by atoms with Crippen molar-refractivity contribution < 1.29 is 23.0 Å². The van der Waals surface area contributed by atoms with Crippen molar-refractivity contribution in [2.24, 2.45) is 5.10 Å². The van der Waals surface area contributed by atoms with E-state index in [1.165, 1.54) is 49.7 Å². The standard InChI is InChI=1S/C22H19N5O7S/c1-34-22-11-5-3-9-19(22)25-35(32,33)17-12-13-18(21(15-17)27(30)31)24-23-14-6-8-16-7-2-4-10-20(16)26(28)29/h2-15,24-25H,1H3. The Morgan fingerprint density at radius 3 is 2.31 bits per heavy atom. The summed E-state index contributed by atoms with van der Waals surface area (Å²) in [5.41, 5.74) is 2.34. The van der Waals surface area contributed by atoms with Crippen LogP contribution in [0.15, 0.2) is 82.8 Å². The Labute approximate surface area is 199 Å². The fraction of sp³-hybridized carbons (Fsp3) is 0.0455. The fourth-order valence-corrected chi connectivity index (χ4v) is 4.04. The SMILES string of the molecule is COc1ccccc1NS(=O)(=O)c1ccc(NN=CC=Cc2ccccc2[N+](=O)[O-])c([N+](=O)[O-])c1. The highest BCUT2D eigenvalue weighted by Gasteiger charge is 2.22. The van der Waals surface area contributed by atoms with Crippen LogP contribution in [0.2, 0.25) is 0 Å². The number of rotatable bonds is 10. The van der Waals surface area contributed by atoms with Crippen LogP contribution < -0.4 is 14.9 Å². The second-order valence-corrected chi connectivity index (χ2v) is 8.49. The van der Waals surface area contributed by atoms with Gasteiger partial charge in [0.15, 0.2) is 0 Å². The van der Waals surface area contributed by atoms with E-state index in [9.17, 15) is 28.6 Å². The van der Waals surface area contributed by atoms with Gasteiger partial charge < -0.3 is 4.74 Å². The molecule has 12 nitrogen and oxygen atoms in total. The largest absolute Gasteiger partial charge is 0.495 e. The lowest BCUT2D eigenvalue weighted by Gasteiger charge is -2.12. The Morgan fingerprint density at radius 1 is 0.914 bits per heavy atom. The number of ether oxygens (including phenoxy) is 1. The zero-order valence-corrected chi connectivity index (χ0v) is 19.0. The molecule has 0 saturated carbocycles. The third kappa shape index (κ3) is 6.17. The number of nitrogens with one attached hydrogen (secondary N) is 2. The third-order valence-electron chi connectivity index (χ3n) is 4.58. The number of nitrogens with zero attached hydrogens (tertiary/aromatic N) is 3. The lowest BCUT2D eigenvalue weighted by Crippen LogP contribution is -2.14. The molecule has 0 aromatic heterocycles. The molecule has 35 heavy (non-hydrogen) atoms. The van der Waals surface area contributed by atoms with Crippen LogP contribution in [0.4, 0.5) is 22.7 Å². The van der Waals surface area contributed by atoms with Crippen LogP contribution in [0.3, 0.4) is 0 Å². The second kappa shape index (κ2) is 10.9. The predicted molar refractivity (Wildman–Crippen MR) is 131 cm³/mol. The normalized spacial score (nSPS) is 11.5. The highest BCUT2D eigenvalue weighted by Crippen LogP contribution is 2.30. The van der Waals surface area contributed by atoms with Crippen molar-refractivity contribution >= 4 is 45.1 Å². The van der Waals surface area contributed by atoms with Crippen LogP contribution in [0.5, 0.6) is 5.75 Å². The average molecular weight is 497 g/mol. The smallest absolute Gasteiger partial charge is 0.295 e. The van der Waals surface area contributed by atoms with E-state index in [-0.39, 0.29) is 27.7 Å². The first-order chi connectivity index (χ1) is 16.7. The molecular formula is C22H19N5O7S. The number of hydrazone groups is 1. The maximum Gasteiger partial charge on any atom is 0.295 e. The molecule has 0 unspecified atom stereocenters. The number of para-hydroxylation sites is 3. The Bertz CT molecular complexity index is 1420. The molecule has 2 N–H and O–H groups in total. The van der Waals surface area contributed by atoms with Gasteiger partial charge >= 0.3 is 0 Å². The van der Waals surface area contributed by atoms with Gasteiger partial charge in [-0.25, -0.2) is 8.42 Å². The lowest BCUT2D eigenvalue weighted by atomic mass is 10.2. The third-order valence-corrected chi connectivity index (χ3v) is 5.95. The van der Waals surface area contributed by atoms with Crippen molar-refractivity contribution in [2.45, 2.75) is 4.90 Å². The Morgan fingerprint density at radius 2 is 1.60 bits per heavy atom. The number of allylic oxidation sites excluding steroid dienone is 1. The molecule has 0 spiro atoms. The molecule has 0 aliphatic rings. The van der Waals surface area contributed by atoms with Gasteiger partial charge in [-0.1, -0.05) is 24.3 Å². The van der Waals surface area contributed by atoms with E-state index >= 15 is 0 Å². The molecule has 0 amide bonds. The maximum atomic E-state index is 12.8. The van der Waals surface area contributed by atoms with E-state index in [2.05, 4.69) is 15.2 Å². The summed E-state index contributed by atoms with van der Waals surface area (Å²) >= 11 is 0. The van der Waals surface area contributed by atoms with E-state index in [1.807, 2.05) is 0 Å². The van der Waals surface area contributed by atoms with Gasteiger partial charge in [0, 0.05) is 18.3 Å². The van der Waals surface area contributed by atoms with Crippen LogP contribution in [-0.2, 0) is 10.0 Å². The van der Waals surface area contributed by atoms with Gasteiger partial charge in [-0.05, 0) is 42.5 Å². The zero-order valence-electron chi connectivity index (χ0n) is 18.2. The molecule has 0 fully saturated rings.